The summed E-state index contributed by atoms with van der Waals surface area (Å²) in [5.41, 5.74) is 6.36. The molecule has 0 bridgehead atoms. The van der Waals surface area contributed by atoms with E-state index in [-0.39, 0.29) is 11.3 Å². The highest BCUT2D eigenvalue weighted by atomic mass is 35.5. The summed E-state index contributed by atoms with van der Waals surface area (Å²) in [5.74, 6) is 0.369. The van der Waals surface area contributed by atoms with Gasteiger partial charge in [-0.05, 0) is 42.9 Å². The zero-order valence-electron chi connectivity index (χ0n) is 12.9. The van der Waals surface area contributed by atoms with Gasteiger partial charge in [0, 0.05) is 6.42 Å². The van der Waals surface area contributed by atoms with Gasteiger partial charge in [0.05, 0.1) is 15.7 Å². The molecule has 5 heteroatoms. The second-order valence-electron chi connectivity index (χ2n) is 6.33. The van der Waals surface area contributed by atoms with Gasteiger partial charge in [0.25, 0.3) is 0 Å². The van der Waals surface area contributed by atoms with Crippen molar-refractivity contribution >= 4 is 34.8 Å². The molecule has 0 aliphatic carbocycles. The minimum atomic E-state index is -0.0505. The van der Waals surface area contributed by atoms with Gasteiger partial charge in [0.2, 0.25) is 5.91 Å². The number of hydrogen-bond donors (Lipinski definition) is 2. The minimum Gasteiger partial charge on any atom is -0.330 e. The summed E-state index contributed by atoms with van der Waals surface area (Å²) in [6.45, 7) is 7.18. The summed E-state index contributed by atoms with van der Waals surface area (Å²) >= 11 is 12.0. The fourth-order valence-corrected chi connectivity index (χ4v) is 2.68. The van der Waals surface area contributed by atoms with Crippen LogP contribution in [0.15, 0.2) is 18.2 Å². The van der Waals surface area contributed by atoms with Crippen LogP contribution in [0.25, 0.3) is 0 Å². The van der Waals surface area contributed by atoms with Gasteiger partial charge in [-0.15, -0.1) is 0 Å². The Morgan fingerprint density at radius 3 is 2.52 bits per heavy atom. The van der Waals surface area contributed by atoms with Crippen LogP contribution in [0.5, 0.6) is 0 Å². The molecule has 1 aromatic carbocycles. The average Bonchev–Trinajstić information content (AvgIpc) is 2.38. The van der Waals surface area contributed by atoms with Crippen LogP contribution in [-0.4, -0.2) is 12.5 Å². The Morgan fingerprint density at radius 1 is 1.29 bits per heavy atom. The lowest BCUT2D eigenvalue weighted by molar-refractivity contribution is -0.116. The molecular formula is C16H24Cl2N2O. The lowest BCUT2D eigenvalue weighted by Crippen LogP contribution is -2.25. The summed E-state index contributed by atoms with van der Waals surface area (Å²) in [6, 6.07) is 5.19. The lowest BCUT2D eigenvalue weighted by atomic mass is 9.76. The van der Waals surface area contributed by atoms with Crippen LogP contribution in [0, 0.1) is 11.3 Å². The summed E-state index contributed by atoms with van der Waals surface area (Å²) in [5, 5.41) is 3.63. The number of nitrogens with two attached hydrogens (primary N) is 1. The number of hydrogen-bond acceptors (Lipinski definition) is 2. The van der Waals surface area contributed by atoms with Gasteiger partial charge in [-0.2, -0.15) is 0 Å². The minimum absolute atomic E-state index is 0.0505. The zero-order chi connectivity index (χ0) is 16.0. The molecule has 3 N–H and O–H groups in total. The molecule has 21 heavy (non-hydrogen) atoms. The van der Waals surface area contributed by atoms with Crippen LogP contribution in [0.3, 0.4) is 0 Å². The van der Waals surface area contributed by atoms with E-state index < -0.39 is 0 Å². The maximum absolute atomic E-state index is 12.1. The first-order chi connectivity index (χ1) is 9.75. The zero-order valence-corrected chi connectivity index (χ0v) is 14.4. The maximum atomic E-state index is 12.1. The van der Waals surface area contributed by atoms with Crippen molar-refractivity contribution in [3.05, 3.63) is 28.2 Å². The third-order valence-electron chi connectivity index (χ3n) is 3.69. The van der Waals surface area contributed by atoms with Gasteiger partial charge < -0.3 is 11.1 Å². The fourth-order valence-electron chi connectivity index (χ4n) is 2.33. The Labute approximate surface area is 137 Å². The Kier molecular flexibility index (Phi) is 6.98. The molecule has 0 fully saturated rings. The van der Waals surface area contributed by atoms with Crippen LogP contribution >= 0.6 is 23.2 Å². The molecular weight excluding hydrogens is 307 g/mol. The van der Waals surface area contributed by atoms with Gasteiger partial charge >= 0.3 is 0 Å². The molecule has 118 valence electrons. The second-order valence-corrected chi connectivity index (χ2v) is 7.11. The van der Waals surface area contributed by atoms with Crippen molar-refractivity contribution < 1.29 is 4.79 Å². The largest absolute Gasteiger partial charge is 0.330 e. The number of rotatable bonds is 6. The highest BCUT2D eigenvalue weighted by Crippen LogP contribution is 2.33. The molecule has 1 amide bonds. The predicted molar refractivity (Wildman–Crippen MR) is 90.9 cm³/mol. The van der Waals surface area contributed by atoms with E-state index in [1.807, 2.05) is 0 Å². The number of carbonyl (C=O) groups is 1. The van der Waals surface area contributed by atoms with Crippen molar-refractivity contribution in [2.45, 2.75) is 40.0 Å². The van der Waals surface area contributed by atoms with Crippen molar-refractivity contribution in [1.29, 1.82) is 0 Å². The number of halogens is 2. The van der Waals surface area contributed by atoms with Crippen molar-refractivity contribution in [2.75, 3.05) is 11.9 Å². The summed E-state index contributed by atoms with van der Waals surface area (Å²) in [7, 11) is 0. The second kappa shape index (κ2) is 8.02. The number of carbonyl (C=O) groups excluding carboxylic acids is 1. The molecule has 0 saturated heterocycles. The normalized spacial score (nSPS) is 13.0. The highest BCUT2D eigenvalue weighted by molar-refractivity contribution is 6.43. The number of anilines is 1. The van der Waals surface area contributed by atoms with E-state index in [4.69, 9.17) is 28.9 Å². The Morgan fingerprint density at radius 2 is 1.95 bits per heavy atom. The molecule has 0 aliphatic heterocycles. The molecule has 0 saturated carbocycles. The Balaban J connectivity index is 2.59. The smallest absolute Gasteiger partial charge is 0.224 e. The summed E-state index contributed by atoms with van der Waals surface area (Å²) in [6.07, 6.45) is 2.18. The third kappa shape index (κ3) is 5.85. The van der Waals surface area contributed by atoms with Crippen LogP contribution in [0.4, 0.5) is 5.69 Å². The van der Waals surface area contributed by atoms with Crippen molar-refractivity contribution in [2.24, 2.45) is 17.1 Å². The number of amides is 1. The molecule has 1 rings (SSSR count). The molecule has 0 spiro atoms. The van der Waals surface area contributed by atoms with E-state index in [0.717, 1.165) is 12.8 Å². The lowest BCUT2D eigenvalue weighted by Gasteiger charge is -2.30. The van der Waals surface area contributed by atoms with Gasteiger partial charge in [-0.25, -0.2) is 0 Å². The molecule has 1 unspecified atom stereocenters. The van der Waals surface area contributed by atoms with Crippen LogP contribution in [-0.2, 0) is 4.79 Å². The number of nitrogens with one attached hydrogen (secondary N) is 1. The van der Waals surface area contributed by atoms with E-state index in [1.165, 1.54) is 0 Å². The van der Waals surface area contributed by atoms with Crippen LogP contribution in [0.1, 0.15) is 40.0 Å². The molecule has 0 aromatic heterocycles. The van der Waals surface area contributed by atoms with Gasteiger partial charge in [-0.1, -0.05) is 50.0 Å². The number of benzene rings is 1. The highest BCUT2D eigenvalue weighted by Gasteiger charge is 2.24. The van der Waals surface area contributed by atoms with Crippen LogP contribution in [0.2, 0.25) is 10.0 Å². The maximum Gasteiger partial charge on any atom is 0.224 e. The van der Waals surface area contributed by atoms with Crippen molar-refractivity contribution in [3.63, 3.8) is 0 Å². The monoisotopic (exact) mass is 330 g/mol. The SMILES string of the molecule is CC(C)(C)C(CCN)CCC(=O)Nc1cccc(Cl)c1Cl. The Hall–Kier alpha value is -0.770. The van der Waals surface area contributed by atoms with Crippen molar-refractivity contribution in [3.8, 4) is 0 Å². The van der Waals surface area contributed by atoms with E-state index in [1.54, 1.807) is 18.2 Å². The molecule has 1 aromatic rings. The van der Waals surface area contributed by atoms with Gasteiger partial charge in [-0.3, -0.25) is 4.79 Å². The first-order valence-corrected chi connectivity index (χ1v) is 7.95. The van der Waals surface area contributed by atoms with E-state index in [0.29, 0.717) is 34.6 Å². The van der Waals surface area contributed by atoms with E-state index in [9.17, 15) is 4.79 Å². The topological polar surface area (TPSA) is 55.1 Å². The average molecular weight is 331 g/mol. The summed E-state index contributed by atoms with van der Waals surface area (Å²) < 4.78 is 0. The Bertz CT molecular complexity index is 484. The quantitative estimate of drug-likeness (QED) is 0.792. The standard InChI is InChI=1S/C16H24Cl2N2O/c1-16(2,3)11(9-10-19)7-8-14(21)20-13-6-4-5-12(17)15(13)18/h4-6,11H,7-10,19H2,1-3H3,(H,20,21). The molecule has 0 radical (unpaired) electrons. The molecule has 0 aliphatic rings. The summed E-state index contributed by atoms with van der Waals surface area (Å²) in [4.78, 5) is 12.1. The van der Waals surface area contributed by atoms with Crippen molar-refractivity contribution in [1.82, 2.24) is 0 Å². The van der Waals surface area contributed by atoms with Crippen LogP contribution < -0.4 is 11.1 Å². The molecule has 0 heterocycles. The van der Waals surface area contributed by atoms with E-state index >= 15 is 0 Å². The van der Waals surface area contributed by atoms with E-state index in [2.05, 4.69) is 26.1 Å². The fraction of sp³-hybridized carbons (Fsp3) is 0.562. The first-order valence-electron chi connectivity index (χ1n) is 7.19. The molecule has 3 nitrogen and oxygen atoms in total. The van der Waals surface area contributed by atoms with Gasteiger partial charge in [0.1, 0.15) is 0 Å². The van der Waals surface area contributed by atoms with Gasteiger partial charge in [0.15, 0.2) is 0 Å². The first kappa shape index (κ1) is 18.3. The third-order valence-corrected chi connectivity index (χ3v) is 4.50. The molecule has 1 atom stereocenters. The predicted octanol–water partition coefficient (Wildman–Crippen LogP) is 4.72.